The van der Waals surface area contributed by atoms with Crippen molar-refractivity contribution < 1.29 is 9.18 Å². The Labute approximate surface area is 146 Å². The number of nitrogens with zero attached hydrogens (tertiary/aromatic N) is 4. The van der Waals surface area contributed by atoms with Crippen molar-refractivity contribution in [3.05, 3.63) is 65.6 Å². The van der Waals surface area contributed by atoms with Crippen molar-refractivity contribution >= 4 is 28.7 Å². The molecule has 4 rings (SSSR count). The summed E-state index contributed by atoms with van der Waals surface area (Å²) in [5, 5.41) is 3.62. The number of imidazole rings is 1. The predicted molar refractivity (Wildman–Crippen MR) is 93.2 cm³/mol. The van der Waals surface area contributed by atoms with Crippen LogP contribution in [0.3, 0.4) is 0 Å². The van der Waals surface area contributed by atoms with Gasteiger partial charge in [-0.25, -0.2) is 19.3 Å². The van der Waals surface area contributed by atoms with Crippen LogP contribution in [0.4, 0.5) is 10.2 Å². The Hall–Kier alpha value is -3.13. The highest BCUT2D eigenvalue weighted by atomic mass is 32.1. The van der Waals surface area contributed by atoms with Gasteiger partial charge < -0.3 is 9.72 Å². The molecule has 124 valence electrons. The lowest BCUT2D eigenvalue weighted by molar-refractivity contribution is 0.102. The number of aromatic nitrogens is 4. The molecule has 25 heavy (non-hydrogen) atoms. The summed E-state index contributed by atoms with van der Waals surface area (Å²) < 4.78 is 14.8. The molecule has 0 radical (unpaired) electrons. The molecule has 0 aliphatic heterocycles. The maximum Gasteiger partial charge on any atom is 0.260 e. The predicted octanol–water partition coefficient (Wildman–Crippen LogP) is 3.55. The largest absolute Gasteiger partial charge is 0.306 e. The van der Waals surface area contributed by atoms with Gasteiger partial charge in [0.1, 0.15) is 17.3 Å². The number of halogens is 1. The van der Waals surface area contributed by atoms with Gasteiger partial charge in [0, 0.05) is 30.4 Å². The van der Waals surface area contributed by atoms with Crippen LogP contribution < -0.4 is 5.32 Å². The van der Waals surface area contributed by atoms with Crippen LogP contribution in [-0.2, 0) is 0 Å². The third kappa shape index (κ3) is 2.99. The van der Waals surface area contributed by atoms with Gasteiger partial charge in [-0.15, -0.1) is 11.3 Å². The molecule has 0 unspecified atom stereocenters. The smallest absolute Gasteiger partial charge is 0.260 e. The van der Waals surface area contributed by atoms with Crippen molar-refractivity contribution in [3.8, 4) is 10.4 Å². The third-order valence-corrected chi connectivity index (χ3v) is 4.57. The van der Waals surface area contributed by atoms with Gasteiger partial charge in [-0.05, 0) is 25.1 Å². The van der Waals surface area contributed by atoms with Crippen LogP contribution in [0.2, 0.25) is 0 Å². The molecule has 8 heteroatoms. The molecule has 4 aromatic rings. The monoisotopic (exact) mass is 353 g/mol. The first-order valence-corrected chi connectivity index (χ1v) is 8.24. The average Bonchev–Trinajstić information content (AvgIpc) is 3.24. The molecule has 6 nitrogen and oxygen atoms in total. The van der Waals surface area contributed by atoms with Crippen LogP contribution in [0.5, 0.6) is 0 Å². The Balaban J connectivity index is 1.75. The minimum atomic E-state index is -0.462. The molecular formula is C17H12FN5OS. The summed E-state index contributed by atoms with van der Waals surface area (Å²) in [5.74, 6) is -0.551. The number of carbonyl (C=O) groups is 1. The first-order chi connectivity index (χ1) is 12.1. The summed E-state index contributed by atoms with van der Waals surface area (Å²) in [6, 6.07) is 4.42. The Bertz CT molecular complexity index is 1070. The lowest BCUT2D eigenvalue weighted by Crippen LogP contribution is -2.14. The molecule has 0 aliphatic carbocycles. The maximum atomic E-state index is 13.0. The van der Waals surface area contributed by atoms with E-state index in [9.17, 15) is 9.18 Å². The number of thiazole rings is 1. The van der Waals surface area contributed by atoms with E-state index in [-0.39, 0.29) is 11.7 Å². The van der Waals surface area contributed by atoms with Crippen LogP contribution >= 0.6 is 11.3 Å². The molecule has 0 aromatic carbocycles. The molecule has 0 atom stereocenters. The molecule has 0 aliphatic rings. The number of nitrogens with one attached hydrogen (secondary N) is 1. The molecule has 0 fully saturated rings. The zero-order chi connectivity index (χ0) is 17.4. The Kier molecular flexibility index (Phi) is 3.73. The fourth-order valence-corrected chi connectivity index (χ4v) is 3.22. The van der Waals surface area contributed by atoms with E-state index < -0.39 is 5.82 Å². The number of pyridine rings is 2. The standard InChI is InChI=1S/C17H12FN5OS/c1-10-20-8-14(25-10)11-6-13(16-19-4-5-23(16)9-11)17(24)22-15-3-2-12(18)7-21-15/h2-9H,1H3,(H,21,22,24). The number of fused-ring (bicyclic) bond motifs is 1. The van der Waals surface area contributed by atoms with Gasteiger partial charge in [0.2, 0.25) is 0 Å². The molecule has 0 saturated heterocycles. The van der Waals surface area contributed by atoms with Crippen molar-refractivity contribution in [3.63, 3.8) is 0 Å². The van der Waals surface area contributed by atoms with E-state index in [1.807, 2.05) is 13.1 Å². The number of hydrogen-bond acceptors (Lipinski definition) is 5. The van der Waals surface area contributed by atoms with Crippen LogP contribution in [-0.4, -0.2) is 25.3 Å². The molecule has 0 bridgehead atoms. The van der Waals surface area contributed by atoms with Gasteiger partial charge in [-0.1, -0.05) is 0 Å². The highest BCUT2D eigenvalue weighted by molar-refractivity contribution is 7.15. The van der Waals surface area contributed by atoms with Gasteiger partial charge in [0.05, 0.1) is 21.6 Å². The lowest BCUT2D eigenvalue weighted by atomic mass is 10.1. The van der Waals surface area contributed by atoms with Gasteiger partial charge in [0.25, 0.3) is 5.91 Å². The summed E-state index contributed by atoms with van der Waals surface area (Å²) in [6.45, 7) is 1.93. The highest BCUT2D eigenvalue weighted by Gasteiger charge is 2.16. The summed E-state index contributed by atoms with van der Waals surface area (Å²) in [4.78, 5) is 26.0. The summed E-state index contributed by atoms with van der Waals surface area (Å²) >= 11 is 1.55. The minimum Gasteiger partial charge on any atom is -0.306 e. The summed E-state index contributed by atoms with van der Waals surface area (Å²) in [6.07, 6.45) is 8.14. The second kappa shape index (κ2) is 6.06. The quantitative estimate of drug-likeness (QED) is 0.611. The fraction of sp³-hybridized carbons (Fsp3) is 0.0588. The topological polar surface area (TPSA) is 72.2 Å². The SMILES string of the molecule is Cc1ncc(-c2cc(C(=O)Nc3ccc(F)cn3)c3nccn3c2)s1. The number of amides is 1. The van der Waals surface area contributed by atoms with Gasteiger partial charge >= 0.3 is 0 Å². The fourth-order valence-electron chi connectivity index (χ4n) is 2.46. The van der Waals surface area contributed by atoms with Crippen molar-refractivity contribution in [1.29, 1.82) is 0 Å². The Morgan fingerprint density at radius 2 is 2.12 bits per heavy atom. The van der Waals surface area contributed by atoms with E-state index in [2.05, 4.69) is 20.3 Å². The maximum absolute atomic E-state index is 13.0. The molecule has 0 spiro atoms. The Morgan fingerprint density at radius 1 is 1.24 bits per heavy atom. The zero-order valence-corrected chi connectivity index (χ0v) is 13.9. The molecular weight excluding hydrogens is 341 g/mol. The van der Waals surface area contributed by atoms with Crippen molar-refractivity contribution in [2.45, 2.75) is 6.92 Å². The van der Waals surface area contributed by atoms with Gasteiger partial charge in [-0.2, -0.15) is 0 Å². The van der Waals surface area contributed by atoms with Crippen molar-refractivity contribution in [1.82, 2.24) is 19.4 Å². The molecule has 1 amide bonds. The number of anilines is 1. The van der Waals surface area contributed by atoms with Gasteiger partial charge in [0.15, 0.2) is 0 Å². The summed E-state index contributed by atoms with van der Waals surface area (Å²) in [7, 11) is 0. The van der Waals surface area contributed by atoms with Gasteiger partial charge in [-0.3, -0.25) is 4.79 Å². The number of aryl methyl sites for hydroxylation is 1. The molecule has 4 heterocycles. The number of hydrogen-bond donors (Lipinski definition) is 1. The summed E-state index contributed by atoms with van der Waals surface area (Å²) in [5.41, 5.74) is 1.80. The van der Waals surface area contributed by atoms with E-state index >= 15 is 0 Å². The zero-order valence-electron chi connectivity index (χ0n) is 13.1. The first-order valence-electron chi connectivity index (χ1n) is 7.42. The first kappa shape index (κ1) is 15.4. The van der Waals surface area contributed by atoms with Crippen molar-refractivity contribution in [2.75, 3.05) is 5.32 Å². The second-order valence-electron chi connectivity index (χ2n) is 5.36. The van der Waals surface area contributed by atoms with E-state index in [4.69, 9.17) is 0 Å². The van der Waals surface area contributed by atoms with Crippen LogP contribution in [0, 0.1) is 12.7 Å². The van der Waals surface area contributed by atoms with Crippen molar-refractivity contribution in [2.24, 2.45) is 0 Å². The van der Waals surface area contributed by atoms with E-state index in [0.717, 1.165) is 21.6 Å². The van der Waals surface area contributed by atoms with Crippen LogP contribution in [0.25, 0.3) is 16.1 Å². The second-order valence-corrected chi connectivity index (χ2v) is 6.59. The molecule has 0 saturated carbocycles. The number of carbonyl (C=O) groups excluding carboxylic acids is 1. The minimum absolute atomic E-state index is 0.273. The van der Waals surface area contributed by atoms with E-state index in [1.165, 1.54) is 12.1 Å². The highest BCUT2D eigenvalue weighted by Crippen LogP contribution is 2.28. The molecule has 1 N–H and O–H groups in total. The van der Waals surface area contributed by atoms with Crippen LogP contribution in [0.1, 0.15) is 15.4 Å². The van der Waals surface area contributed by atoms with E-state index in [0.29, 0.717) is 11.2 Å². The average molecular weight is 353 g/mol. The van der Waals surface area contributed by atoms with E-state index in [1.54, 1.807) is 40.4 Å². The van der Waals surface area contributed by atoms with Crippen LogP contribution in [0.15, 0.2) is 49.2 Å². The lowest BCUT2D eigenvalue weighted by Gasteiger charge is -2.08. The Morgan fingerprint density at radius 3 is 2.84 bits per heavy atom. The number of rotatable bonds is 3. The molecule has 4 aromatic heterocycles. The third-order valence-electron chi connectivity index (χ3n) is 3.61. The normalized spacial score (nSPS) is 11.0.